The summed E-state index contributed by atoms with van der Waals surface area (Å²) in [7, 11) is 0. The third-order valence-electron chi connectivity index (χ3n) is 4.80. The van der Waals surface area contributed by atoms with Crippen LogP contribution in [0.25, 0.3) is 22.3 Å². The van der Waals surface area contributed by atoms with Crippen molar-refractivity contribution in [2.75, 3.05) is 6.61 Å². The fourth-order valence-corrected chi connectivity index (χ4v) is 3.24. The van der Waals surface area contributed by atoms with Crippen LogP contribution in [0.5, 0.6) is 23.0 Å². The molecule has 2 heterocycles. The van der Waals surface area contributed by atoms with Crippen molar-refractivity contribution in [3.63, 3.8) is 0 Å². The Hall–Kier alpha value is -3.31. The van der Waals surface area contributed by atoms with Crippen LogP contribution < -0.4 is 10.2 Å². The molecule has 1 aliphatic rings. The Labute approximate surface area is 168 Å². The summed E-state index contributed by atoms with van der Waals surface area (Å²) >= 11 is 0. The van der Waals surface area contributed by atoms with Crippen LogP contribution in [0.15, 0.2) is 45.6 Å². The average molecular weight is 418 g/mol. The minimum absolute atomic E-state index is 0.00515. The Bertz CT molecular complexity index is 1140. The molecule has 158 valence electrons. The van der Waals surface area contributed by atoms with Gasteiger partial charge in [0.25, 0.3) is 0 Å². The van der Waals surface area contributed by atoms with Gasteiger partial charge in [0.15, 0.2) is 16.8 Å². The molecule has 2 aromatic carbocycles. The summed E-state index contributed by atoms with van der Waals surface area (Å²) in [5.74, 6) is -1.50. The minimum atomic E-state index is -1.56. The van der Waals surface area contributed by atoms with Gasteiger partial charge in [-0.25, -0.2) is 0 Å². The molecule has 1 unspecified atom stereocenters. The molecule has 0 amide bonds. The topological polar surface area (TPSA) is 170 Å². The van der Waals surface area contributed by atoms with Crippen molar-refractivity contribution in [1.29, 1.82) is 0 Å². The Morgan fingerprint density at radius 2 is 1.67 bits per heavy atom. The second-order valence-corrected chi connectivity index (χ2v) is 6.79. The molecule has 1 aromatic heterocycles. The SMILES string of the molecule is O=c1cc(-c2ccc(O)cc2)oc2c(OC3O[C@H](CO)[C@H](O)[C@H]3O)c(O)cc(O)c12. The molecule has 0 aliphatic carbocycles. The largest absolute Gasteiger partial charge is 0.508 e. The van der Waals surface area contributed by atoms with Gasteiger partial charge in [-0.2, -0.15) is 0 Å². The zero-order chi connectivity index (χ0) is 21.6. The lowest BCUT2D eigenvalue weighted by Crippen LogP contribution is -2.35. The van der Waals surface area contributed by atoms with Crippen LogP contribution in [0.3, 0.4) is 0 Å². The molecule has 10 nitrogen and oxygen atoms in total. The van der Waals surface area contributed by atoms with Crippen molar-refractivity contribution >= 4 is 11.0 Å². The van der Waals surface area contributed by atoms with Gasteiger partial charge in [-0.1, -0.05) is 0 Å². The number of fused-ring (bicyclic) bond motifs is 1. The van der Waals surface area contributed by atoms with Gasteiger partial charge >= 0.3 is 0 Å². The standard InChI is InChI=1S/C20H18O10/c21-7-14-16(26)17(27)20(29-14)30-18-12(25)5-10(23)15-11(24)6-13(28-19(15)18)8-1-3-9(22)4-2-8/h1-6,14,16-17,20-23,25-27H,7H2/t14-,16+,17-,20?/m1/s1. The molecule has 1 aliphatic heterocycles. The van der Waals surface area contributed by atoms with Gasteiger partial charge in [-0.05, 0) is 24.3 Å². The number of phenols is 3. The molecule has 0 saturated carbocycles. The Kier molecular flexibility index (Phi) is 5.00. The molecule has 0 spiro atoms. The minimum Gasteiger partial charge on any atom is -0.508 e. The highest BCUT2D eigenvalue weighted by Gasteiger charge is 2.44. The van der Waals surface area contributed by atoms with Crippen molar-refractivity contribution in [3.05, 3.63) is 46.6 Å². The average Bonchev–Trinajstić information content (AvgIpc) is 2.98. The highest BCUT2D eigenvalue weighted by atomic mass is 16.7. The number of phenolic OH excluding ortho intramolecular Hbond substituents is 3. The molecule has 6 N–H and O–H groups in total. The van der Waals surface area contributed by atoms with E-state index in [0.29, 0.717) is 5.56 Å². The molecule has 1 fully saturated rings. The zero-order valence-electron chi connectivity index (χ0n) is 15.3. The Morgan fingerprint density at radius 3 is 2.30 bits per heavy atom. The normalized spacial score (nSPS) is 23.7. The van der Waals surface area contributed by atoms with Gasteiger partial charge in [-0.3, -0.25) is 4.79 Å². The summed E-state index contributed by atoms with van der Waals surface area (Å²) in [6, 6.07) is 7.76. The smallest absolute Gasteiger partial charge is 0.229 e. The van der Waals surface area contributed by atoms with E-state index in [0.717, 1.165) is 12.1 Å². The summed E-state index contributed by atoms with van der Waals surface area (Å²) < 4.78 is 16.4. The van der Waals surface area contributed by atoms with Gasteiger partial charge in [0.05, 0.1) is 6.61 Å². The van der Waals surface area contributed by atoms with E-state index in [1.54, 1.807) is 0 Å². The van der Waals surface area contributed by atoms with Gasteiger partial charge in [-0.15, -0.1) is 0 Å². The lowest BCUT2D eigenvalue weighted by atomic mass is 10.1. The van der Waals surface area contributed by atoms with E-state index in [2.05, 4.69) is 0 Å². The van der Waals surface area contributed by atoms with Crippen LogP contribution >= 0.6 is 0 Å². The van der Waals surface area contributed by atoms with E-state index in [-0.39, 0.29) is 22.5 Å². The lowest BCUT2D eigenvalue weighted by molar-refractivity contribution is -0.116. The molecule has 10 heteroatoms. The number of hydrogen-bond acceptors (Lipinski definition) is 10. The van der Waals surface area contributed by atoms with Crippen LogP contribution in [0, 0.1) is 0 Å². The lowest BCUT2D eigenvalue weighted by Gasteiger charge is -2.19. The first-order valence-corrected chi connectivity index (χ1v) is 8.91. The van der Waals surface area contributed by atoms with E-state index in [9.17, 15) is 35.4 Å². The van der Waals surface area contributed by atoms with Crippen LogP contribution in [-0.4, -0.2) is 61.8 Å². The number of aromatic hydroxyl groups is 3. The van der Waals surface area contributed by atoms with Gasteiger partial charge in [0.2, 0.25) is 12.0 Å². The van der Waals surface area contributed by atoms with Crippen LogP contribution in [0.2, 0.25) is 0 Å². The molecular weight excluding hydrogens is 400 g/mol. The van der Waals surface area contributed by atoms with Crippen molar-refractivity contribution in [3.8, 4) is 34.3 Å². The van der Waals surface area contributed by atoms with Crippen molar-refractivity contribution in [2.45, 2.75) is 24.6 Å². The van der Waals surface area contributed by atoms with Gasteiger partial charge in [0.1, 0.15) is 41.0 Å². The quantitative estimate of drug-likeness (QED) is 0.348. The summed E-state index contributed by atoms with van der Waals surface area (Å²) in [6.45, 7) is -0.583. The molecule has 1 saturated heterocycles. The van der Waals surface area contributed by atoms with Crippen LogP contribution in [0.4, 0.5) is 0 Å². The van der Waals surface area contributed by atoms with E-state index >= 15 is 0 Å². The van der Waals surface area contributed by atoms with Crippen molar-refractivity contribution < 1.29 is 44.5 Å². The Morgan fingerprint density at radius 1 is 0.967 bits per heavy atom. The predicted octanol–water partition coefficient (Wildman–Crippen LogP) is 0.395. The van der Waals surface area contributed by atoms with E-state index < -0.39 is 53.9 Å². The van der Waals surface area contributed by atoms with Gasteiger partial charge < -0.3 is 44.5 Å². The second kappa shape index (κ2) is 7.50. The van der Waals surface area contributed by atoms with Gasteiger partial charge in [0, 0.05) is 17.7 Å². The van der Waals surface area contributed by atoms with Crippen molar-refractivity contribution in [1.82, 2.24) is 0 Å². The number of aliphatic hydroxyl groups excluding tert-OH is 3. The molecule has 30 heavy (non-hydrogen) atoms. The summed E-state index contributed by atoms with van der Waals surface area (Å²) in [4.78, 5) is 12.6. The first-order valence-electron chi connectivity index (χ1n) is 8.91. The number of aliphatic hydroxyl groups is 3. The van der Waals surface area contributed by atoms with E-state index in [1.165, 1.54) is 24.3 Å². The maximum absolute atomic E-state index is 12.6. The molecule has 4 rings (SSSR count). The monoisotopic (exact) mass is 418 g/mol. The zero-order valence-corrected chi connectivity index (χ0v) is 15.3. The molecule has 0 radical (unpaired) electrons. The predicted molar refractivity (Wildman–Crippen MR) is 101 cm³/mol. The number of rotatable bonds is 4. The molecule has 0 bridgehead atoms. The van der Waals surface area contributed by atoms with Crippen LogP contribution in [-0.2, 0) is 4.74 Å². The molecule has 3 aromatic rings. The van der Waals surface area contributed by atoms with E-state index in [1.807, 2.05) is 0 Å². The van der Waals surface area contributed by atoms with Crippen molar-refractivity contribution in [2.24, 2.45) is 0 Å². The van der Waals surface area contributed by atoms with E-state index in [4.69, 9.17) is 13.9 Å². The first kappa shape index (κ1) is 20.0. The third-order valence-corrected chi connectivity index (χ3v) is 4.80. The summed E-state index contributed by atoms with van der Waals surface area (Å²) in [6.07, 6.45) is -5.60. The number of hydrogen-bond donors (Lipinski definition) is 6. The molecule has 4 atom stereocenters. The summed E-state index contributed by atoms with van der Waals surface area (Å²) in [5, 5.41) is 58.8. The number of ether oxygens (including phenoxy) is 2. The first-order chi connectivity index (χ1) is 14.3. The van der Waals surface area contributed by atoms with Crippen LogP contribution in [0.1, 0.15) is 0 Å². The number of benzene rings is 2. The highest BCUT2D eigenvalue weighted by molar-refractivity contribution is 5.91. The highest BCUT2D eigenvalue weighted by Crippen LogP contribution is 2.42. The fraction of sp³-hybridized carbons (Fsp3) is 0.250. The Balaban J connectivity index is 1.85. The second-order valence-electron chi connectivity index (χ2n) is 6.79. The molecular formula is C20H18O10. The maximum atomic E-state index is 12.6. The maximum Gasteiger partial charge on any atom is 0.229 e. The fourth-order valence-electron chi connectivity index (χ4n) is 3.24. The third kappa shape index (κ3) is 3.31. The summed E-state index contributed by atoms with van der Waals surface area (Å²) in [5.41, 5.74) is -0.530.